The summed E-state index contributed by atoms with van der Waals surface area (Å²) >= 11 is 0. The lowest BCUT2D eigenvalue weighted by molar-refractivity contribution is -0.153. The van der Waals surface area contributed by atoms with Crippen LogP contribution >= 0.6 is 0 Å². The predicted octanol–water partition coefficient (Wildman–Crippen LogP) is 1.03. The van der Waals surface area contributed by atoms with Gasteiger partial charge in [0.15, 0.2) is 0 Å². The standard InChI is InChI=1S/C14H25N3O3/c18-12(19)14(5-4-6-14)11-16-13(20)15-7-10-17-8-2-1-3-9-17/h1-11H2,(H,18,19)(H2,15,16,20). The molecule has 2 amide bonds. The molecule has 20 heavy (non-hydrogen) atoms. The van der Waals surface area contributed by atoms with Gasteiger partial charge in [-0.15, -0.1) is 0 Å². The third-order valence-corrected chi connectivity index (χ3v) is 4.51. The molecule has 2 fully saturated rings. The molecule has 1 saturated heterocycles. The zero-order valence-corrected chi connectivity index (χ0v) is 12.0. The van der Waals surface area contributed by atoms with E-state index in [1.807, 2.05) is 0 Å². The van der Waals surface area contributed by atoms with Crippen LogP contribution in [0, 0.1) is 5.41 Å². The molecule has 1 aliphatic carbocycles. The lowest BCUT2D eigenvalue weighted by atomic mass is 9.69. The van der Waals surface area contributed by atoms with Crippen LogP contribution in [0.2, 0.25) is 0 Å². The number of carbonyl (C=O) groups excluding carboxylic acids is 1. The molecule has 0 atom stereocenters. The van der Waals surface area contributed by atoms with E-state index in [4.69, 9.17) is 5.11 Å². The lowest BCUT2D eigenvalue weighted by Crippen LogP contribution is -2.50. The number of nitrogens with one attached hydrogen (secondary N) is 2. The van der Waals surface area contributed by atoms with E-state index in [0.717, 1.165) is 26.1 Å². The van der Waals surface area contributed by atoms with Crippen molar-refractivity contribution in [1.29, 1.82) is 0 Å². The van der Waals surface area contributed by atoms with E-state index in [-0.39, 0.29) is 12.6 Å². The molecule has 0 radical (unpaired) electrons. The largest absolute Gasteiger partial charge is 0.481 e. The number of nitrogens with zero attached hydrogens (tertiary/aromatic N) is 1. The highest BCUT2D eigenvalue weighted by Crippen LogP contribution is 2.40. The van der Waals surface area contributed by atoms with Crippen molar-refractivity contribution in [3.63, 3.8) is 0 Å². The highest BCUT2D eigenvalue weighted by molar-refractivity contribution is 5.78. The van der Waals surface area contributed by atoms with Gasteiger partial charge in [0.05, 0.1) is 5.41 Å². The summed E-state index contributed by atoms with van der Waals surface area (Å²) < 4.78 is 0. The summed E-state index contributed by atoms with van der Waals surface area (Å²) in [4.78, 5) is 25.2. The number of carboxylic acid groups (broad SMARTS) is 1. The van der Waals surface area contributed by atoms with Crippen LogP contribution in [0.15, 0.2) is 0 Å². The first kappa shape index (κ1) is 15.1. The molecule has 0 aromatic rings. The molecule has 0 bridgehead atoms. The van der Waals surface area contributed by atoms with Gasteiger partial charge in [-0.05, 0) is 38.8 Å². The molecule has 2 rings (SSSR count). The lowest BCUT2D eigenvalue weighted by Gasteiger charge is -2.37. The van der Waals surface area contributed by atoms with E-state index >= 15 is 0 Å². The maximum Gasteiger partial charge on any atom is 0.314 e. The first-order chi connectivity index (χ1) is 9.62. The first-order valence-electron chi connectivity index (χ1n) is 7.60. The molecular formula is C14H25N3O3. The Morgan fingerprint density at radius 2 is 1.75 bits per heavy atom. The smallest absolute Gasteiger partial charge is 0.314 e. The Balaban J connectivity index is 1.59. The van der Waals surface area contributed by atoms with Gasteiger partial charge in [-0.25, -0.2) is 4.79 Å². The van der Waals surface area contributed by atoms with Gasteiger partial charge in [0.25, 0.3) is 0 Å². The highest BCUT2D eigenvalue weighted by atomic mass is 16.4. The molecule has 0 unspecified atom stereocenters. The van der Waals surface area contributed by atoms with E-state index < -0.39 is 11.4 Å². The van der Waals surface area contributed by atoms with E-state index in [2.05, 4.69) is 15.5 Å². The minimum atomic E-state index is -0.794. The van der Waals surface area contributed by atoms with E-state index in [0.29, 0.717) is 19.4 Å². The maximum atomic E-state index is 11.7. The first-order valence-corrected chi connectivity index (χ1v) is 7.60. The summed E-state index contributed by atoms with van der Waals surface area (Å²) in [6.45, 7) is 3.96. The van der Waals surface area contributed by atoms with Crippen LogP contribution < -0.4 is 10.6 Å². The summed E-state index contributed by atoms with van der Waals surface area (Å²) in [7, 11) is 0. The Hall–Kier alpha value is -1.30. The Bertz CT molecular complexity index is 350. The molecule has 6 nitrogen and oxygen atoms in total. The van der Waals surface area contributed by atoms with E-state index in [9.17, 15) is 9.59 Å². The zero-order valence-electron chi connectivity index (χ0n) is 12.0. The summed E-state index contributed by atoms with van der Waals surface area (Å²) in [5.41, 5.74) is -0.718. The molecule has 2 aliphatic rings. The summed E-state index contributed by atoms with van der Waals surface area (Å²) in [6.07, 6.45) is 6.06. The number of hydrogen-bond donors (Lipinski definition) is 3. The van der Waals surface area contributed by atoms with Crippen molar-refractivity contribution < 1.29 is 14.7 Å². The van der Waals surface area contributed by atoms with E-state index in [1.165, 1.54) is 19.3 Å². The average molecular weight is 283 g/mol. The molecule has 114 valence electrons. The molecule has 1 aliphatic heterocycles. The van der Waals surface area contributed by atoms with Crippen LogP contribution in [-0.4, -0.2) is 54.7 Å². The molecule has 6 heteroatoms. The number of urea groups is 1. The second-order valence-corrected chi connectivity index (χ2v) is 5.95. The summed E-state index contributed by atoms with van der Waals surface area (Å²) in [5, 5.41) is 14.7. The van der Waals surface area contributed by atoms with Crippen LogP contribution in [0.3, 0.4) is 0 Å². The molecule has 1 saturated carbocycles. The second kappa shape index (κ2) is 6.92. The Kier molecular flexibility index (Phi) is 5.23. The number of aliphatic carboxylic acids is 1. The fourth-order valence-electron chi connectivity index (χ4n) is 2.89. The Morgan fingerprint density at radius 3 is 2.30 bits per heavy atom. The van der Waals surface area contributed by atoms with Crippen molar-refractivity contribution in [1.82, 2.24) is 15.5 Å². The van der Waals surface area contributed by atoms with Crippen LogP contribution in [0.25, 0.3) is 0 Å². The third-order valence-electron chi connectivity index (χ3n) is 4.51. The molecule has 0 aromatic carbocycles. The predicted molar refractivity (Wildman–Crippen MR) is 75.6 cm³/mol. The van der Waals surface area contributed by atoms with Gasteiger partial charge in [0.1, 0.15) is 0 Å². The van der Waals surface area contributed by atoms with Crippen molar-refractivity contribution in [3.05, 3.63) is 0 Å². The van der Waals surface area contributed by atoms with Crippen LogP contribution in [0.5, 0.6) is 0 Å². The zero-order chi connectivity index (χ0) is 14.4. The van der Waals surface area contributed by atoms with E-state index in [1.54, 1.807) is 0 Å². The van der Waals surface area contributed by atoms with Crippen LogP contribution in [-0.2, 0) is 4.79 Å². The second-order valence-electron chi connectivity index (χ2n) is 5.95. The van der Waals surface area contributed by atoms with Gasteiger partial charge in [0.2, 0.25) is 0 Å². The number of hydrogen-bond acceptors (Lipinski definition) is 3. The fraction of sp³-hybridized carbons (Fsp3) is 0.857. The number of amides is 2. The van der Waals surface area contributed by atoms with Gasteiger partial charge >= 0.3 is 12.0 Å². The molecular weight excluding hydrogens is 258 g/mol. The molecule has 3 N–H and O–H groups in total. The highest BCUT2D eigenvalue weighted by Gasteiger charge is 2.44. The topological polar surface area (TPSA) is 81.7 Å². The van der Waals surface area contributed by atoms with Crippen LogP contribution in [0.4, 0.5) is 4.79 Å². The third kappa shape index (κ3) is 3.85. The minimum Gasteiger partial charge on any atom is -0.481 e. The monoisotopic (exact) mass is 283 g/mol. The van der Waals surface area contributed by atoms with Gasteiger partial charge in [0, 0.05) is 19.6 Å². The van der Waals surface area contributed by atoms with Crippen molar-refractivity contribution in [2.45, 2.75) is 38.5 Å². The fourth-order valence-corrected chi connectivity index (χ4v) is 2.89. The minimum absolute atomic E-state index is 0.234. The Labute approximate surface area is 119 Å². The molecule has 0 spiro atoms. The molecule has 1 heterocycles. The number of carbonyl (C=O) groups is 2. The van der Waals surface area contributed by atoms with Crippen molar-refractivity contribution in [3.8, 4) is 0 Å². The number of piperidine rings is 1. The molecule has 0 aromatic heterocycles. The normalized spacial score (nSPS) is 21.8. The van der Waals surface area contributed by atoms with Gasteiger partial charge in [-0.2, -0.15) is 0 Å². The van der Waals surface area contributed by atoms with Crippen LogP contribution in [0.1, 0.15) is 38.5 Å². The maximum absolute atomic E-state index is 11.7. The van der Waals surface area contributed by atoms with Gasteiger partial charge < -0.3 is 20.6 Å². The Morgan fingerprint density at radius 1 is 1.05 bits per heavy atom. The average Bonchev–Trinajstić information content (AvgIpc) is 2.38. The van der Waals surface area contributed by atoms with Crippen molar-refractivity contribution >= 4 is 12.0 Å². The number of rotatable bonds is 6. The van der Waals surface area contributed by atoms with Crippen molar-refractivity contribution in [2.75, 3.05) is 32.7 Å². The number of carboxylic acids is 1. The van der Waals surface area contributed by atoms with Crippen molar-refractivity contribution in [2.24, 2.45) is 5.41 Å². The quantitative estimate of drug-likeness (QED) is 0.680. The number of likely N-dealkylation sites (tertiary alicyclic amines) is 1. The summed E-state index contributed by atoms with van der Waals surface area (Å²) in [5.74, 6) is -0.794. The van der Waals surface area contributed by atoms with Gasteiger partial charge in [-0.3, -0.25) is 4.79 Å². The van der Waals surface area contributed by atoms with Gasteiger partial charge in [-0.1, -0.05) is 12.8 Å². The SMILES string of the molecule is O=C(NCCN1CCCCC1)NCC1(C(=O)O)CCC1. The summed E-state index contributed by atoms with van der Waals surface area (Å²) in [6, 6.07) is -0.255.